The first kappa shape index (κ1) is 15.7. The first-order chi connectivity index (χ1) is 11.7. The van der Waals surface area contributed by atoms with Gasteiger partial charge in [0.25, 0.3) is 0 Å². The molecule has 0 bridgehead atoms. The summed E-state index contributed by atoms with van der Waals surface area (Å²) in [7, 11) is 1.68. The maximum Gasteiger partial charge on any atom is 0.191 e. The second-order valence-electron chi connectivity index (χ2n) is 5.92. The molecule has 0 fully saturated rings. The summed E-state index contributed by atoms with van der Waals surface area (Å²) in [6.07, 6.45) is 4.78. The van der Waals surface area contributed by atoms with Crippen molar-refractivity contribution in [2.45, 2.75) is 36.6 Å². The monoisotopic (exact) mass is 357 g/mol. The van der Waals surface area contributed by atoms with Gasteiger partial charge in [-0.2, -0.15) is 0 Å². The molecule has 2 heterocycles. The Morgan fingerprint density at radius 2 is 1.96 bits per heavy atom. The lowest BCUT2D eigenvalue weighted by Crippen LogP contribution is -2.01. The van der Waals surface area contributed by atoms with Gasteiger partial charge in [-0.15, -0.1) is 11.3 Å². The topological polar surface area (TPSA) is 61.0 Å². The SMILES string of the molecule is COc1ccc(CSc2nc(N)c3c4c(sc3n2)CCCC4)cc1. The molecule has 4 nitrogen and oxygen atoms in total. The molecule has 1 aromatic carbocycles. The Morgan fingerprint density at radius 1 is 1.17 bits per heavy atom. The number of anilines is 1. The molecule has 0 amide bonds. The summed E-state index contributed by atoms with van der Waals surface area (Å²) in [6, 6.07) is 8.08. The van der Waals surface area contributed by atoms with Crippen molar-refractivity contribution in [3.8, 4) is 5.75 Å². The molecule has 3 aromatic rings. The molecule has 0 radical (unpaired) electrons. The summed E-state index contributed by atoms with van der Waals surface area (Å²) >= 11 is 3.42. The van der Waals surface area contributed by atoms with Crippen LogP contribution in [0.3, 0.4) is 0 Å². The van der Waals surface area contributed by atoms with E-state index in [0.717, 1.165) is 39.7 Å². The van der Waals surface area contributed by atoms with Gasteiger partial charge in [0.2, 0.25) is 0 Å². The number of thiophene rings is 1. The van der Waals surface area contributed by atoms with E-state index >= 15 is 0 Å². The molecule has 0 saturated heterocycles. The molecule has 0 atom stereocenters. The van der Waals surface area contributed by atoms with Crippen LogP contribution in [0.2, 0.25) is 0 Å². The third-order valence-electron chi connectivity index (χ3n) is 4.35. The zero-order valence-electron chi connectivity index (χ0n) is 13.5. The largest absolute Gasteiger partial charge is 0.497 e. The fraction of sp³-hybridized carbons (Fsp3) is 0.333. The first-order valence-corrected chi connectivity index (χ1v) is 9.88. The first-order valence-electron chi connectivity index (χ1n) is 8.08. The van der Waals surface area contributed by atoms with Gasteiger partial charge in [-0.1, -0.05) is 23.9 Å². The highest BCUT2D eigenvalue weighted by Gasteiger charge is 2.20. The number of hydrogen-bond donors (Lipinski definition) is 1. The van der Waals surface area contributed by atoms with Gasteiger partial charge in [0.05, 0.1) is 12.5 Å². The van der Waals surface area contributed by atoms with E-state index in [2.05, 4.69) is 17.1 Å². The number of nitrogens with zero attached hydrogens (tertiary/aromatic N) is 2. The van der Waals surface area contributed by atoms with Gasteiger partial charge in [0.1, 0.15) is 16.4 Å². The van der Waals surface area contributed by atoms with E-state index in [-0.39, 0.29) is 0 Å². The lowest BCUT2D eigenvalue weighted by molar-refractivity contribution is 0.414. The number of aromatic nitrogens is 2. The number of benzene rings is 1. The molecular formula is C18H19N3OS2. The lowest BCUT2D eigenvalue weighted by atomic mass is 9.97. The van der Waals surface area contributed by atoms with Crippen molar-refractivity contribution in [3.63, 3.8) is 0 Å². The van der Waals surface area contributed by atoms with E-state index < -0.39 is 0 Å². The highest BCUT2D eigenvalue weighted by atomic mass is 32.2. The number of nitrogens with two attached hydrogens (primary N) is 1. The van der Waals surface area contributed by atoms with E-state index in [4.69, 9.17) is 15.5 Å². The molecule has 0 saturated carbocycles. The van der Waals surface area contributed by atoms with Gasteiger partial charge in [0, 0.05) is 10.6 Å². The van der Waals surface area contributed by atoms with Gasteiger partial charge in [-0.25, -0.2) is 9.97 Å². The van der Waals surface area contributed by atoms with Gasteiger partial charge < -0.3 is 10.5 Å². The van der Waals surface area contributed by atoms with Crippen LogP contribution < -0.4 is 10.5 Å². The molecule has 0 spiro atoms. The molecule has 0 aliphatic heterocycles. The van der Waals surface area contributed by atoms with Gasteiger partial charge in [-0.05, 0) is 48.9 Å². The second-order valence-corrected chi connectivity index (χ2v) is 7.95. The smallest absolute Gasteiger partial charge is 0.191 e. The van der Waals surface area contributed by atoms with Crippen molar-refractivity contribution in [3.05, 3.63) is 40.3 Å². The molecule has 24 heavy (non-hydrogen) atoms. The predicted octanol–water partition coefficient (Wildman–Crippen LogP) is 4.45. The summed E-state index contributed by atoms with van der Waals surface area (Å²) in [4.78, 5) is 11.8. The Morgan fingerprint density at radius 3 is 2.75 bits per heavy atom. The molecule has 1 aliphatic rings. The number of aryl methyl sites for hydroxylation is 2. The van der Waals surface area contributed by atoms with Crippen molar-refractivity contribution in [1.82, 2.24) is 9.97 Å². The van der Waals surface area contributed by atoms with E-state index in [1.54, 1.807) is 30.2 Å². The van der Waals surface area contributed by atoms with Gasteiger partial charge >= 0.3 is 0 Å². The van der Waals surface area contributed by atoms with E-state index in [1.807, 2.05) is 12.1 Å². The van der Waals surface area contributed by atoms with Crippen LogP contribution >= 0.6 is 23.1 Å². The van der Waals surface area contributed by atoms with Gasteiger partial charge in [-0.3, -0.25) is 0 Å². The Kier molecular flexibility index (Phi) is 4.33. The summed E-state index contributed by atoms with van der Waals surface area (Å²) < 4.78 is 5.19. The Bertz CT molecular complexity index is 874. The number of nitrogen functional groups attached to an aromatic ring is 1. The fourth-order valence-electron chi connectivity index (χ4n) is 3.10. The highest BCUT2D eigenvalue weighted by Crippen LogP contribution is 2.38. The number of hydrogen-bond acceptors (Lipinski definition) is 6. The minimum absolute atomic E-state index is 0.636. The number of methoxy groups -OCH3 is 1. The maximum atomic E-state index is 6.26. The second kappa shape index (κ2) is 6.61. The van der Waals surface area contributed by atoms with Crippen LogP contribution in [0.5, 0.6) is 5.75 Å². The summed E-state index contributed by atoms with van der Waals surface area (Å²) in [6.45, 7) is 0. The Balaban J connectivity index is 1.58. The number of rotatable bonds is 4. The third-order valence-corrected chi connectivity index (χ3v) is 6.45. The zero-order valence-corrected chi connectivity index (χ0v) is 15.2. The van der Waals surface area contributed by atoms with Crippen molar-refractivity contribution in [1.29, 1.82) is 0 Å². The lowest BCUT2D eigenvalue weighted by Gasteiger charge is -2.10. The highest BCUT2D eigenvalue weighted by molar-refractivity contribution is 7.98. The minimum Gasteiger partial charge on any atom is -0.497 e. The molecular weight excluding hydrogens is 338 g/mol. The van der Waals surface area contributed by atoms with Crippen molar-refractivity contribution in [2.24, 2.45) is 0 Å². The van der Waals surface area contributed by atoms with E-state index in [0.29, 0.717) is 5.82 Å². The summed E-state index contributed by atoms with van der Waals surface area (Å²) in [5.74, 6) is 2.33. The van der Waals surface area contributed by atoms with E-state index in [1.165, 1.54) is 28.8 Å². The van der Waals surface area contributed by atoms with Crippen LogP contribution in [0, 0.1) is 0 Å². The van der Waals surface area contributed by atoms with Crippen molar-refractivity contribution in [2.75, 3.05) is 12.8 Å². The van der Waals surface area contributed by atoms with Crippen LogP contribution in [0.15, 0.2) is 29.4 Å². The quantitative estimate of drug-likeness (QED) is 0.552. The molecule has 4 rings (SSSR count). The fourth-order valence-corrected chi connectivity index (χ4v) is 5.23. The summed E-state index contributed by atoms with van der Waals surface area (Å²) in [5, 5.41) is 1.86. The number of fused-ring (bicyclic) bond motifs is 3. The third kappa shape index (κ3) is 2.96. The maximum absolute atomic E-state index is 6.26. The van der Waals surface area contributed by atoms with Crippen LogP contribution in [0.4, 0.5) is 5.82 Å². The number of ether oxygens (including phenoxy) is 1. The zero-order chi connectivity index (χ0) is 16.5. The summed E-state index contributed by atoms with van der Waals surface area (Å²) in [5.41, 5.74) is 8.87. The van der Waals surface area contributed by atoms with Crippen LogP contribution in [0.25, 0.3) is 10.2 Å². The standard InChI is InChI=1S/C18H19N3OS2/c1-22-12-8-6-11(7-9-12)10-23-18-20-16(19)15-13-4-2-3-5-14(13)24-17(15)21-18/h6-9H,2-5,10H2,1H3,(H2,19,20,21). The Hall–Kier alpha value is -1.79. The number of thioether (sulfide) groups is 1. The van der Waals surface area contributed by atoms with E-state index in [9.17, 15) is 0 Å². The molecule has 1 aliphatic carbocycles. The molecule has 0 unspecified atom stereocenters. The van der Waals surface area contributed by atoms with Crippen LogP contribution in [0.1, 0.15) is 28.8 Å². The molecule has 2 N–H and O–H groups in total. The molecule has 124 valence electrons. The molecule has 2 aromatic heterocycles. The average Bonchev–Trinajstić information content (AvgIpc) is 2.99. The minimum atomic E-state index is 0.636. The van der Waals surface area contributed by atoms with Crippen LogP contribution in [-0.4, -0.2) is 17.1 Å². The van der Waals surface area contributed by atoms with Crippen LogP contribution in [-0.2, 0) is 18.6 Å². The predicted molar refractivity (Wildman–Crippen MR) is 101 cm³/mol. The normalized spacial score (nSPS) is 13.9. The van der Waals surface area contributed by atoms with Crippen molar-refractivity contribution < 1.29 is 4.74 Å². The van der Waals surface area contributed by atoms with Crippen molar-refractivity contribution >= 4 is 39.1 Å². The molecule has 6 heteroatoms. The Labute approximate surface area is 149 Å². The van der Waals surface area contributed by atoms with Gasteiger partial charge in [0.15, 0.2) is 5.16 Å². The average molecular weight is 358 g/mol.